The highest BCUT2D eigenvalue weighted by atomic mass is 32.1. The van der Waals surface area contributed by atoms with Gasteiger partial charge >= 0.3 is 0 Å². The summed E-state index contributed by atoms with van der Waals surface area (Å²) in [5.41, 5.74) is 7.74. The van der Waals surface area contributed by atoms with Crippen molar-refractivity contribution in [2.45, 2.75) is 25.3 Å². The molecule has 0 saturated carbocycles. The number of allylic oxidation sites excluding steroid dienone is 4. The molecule has 1 unspecified atom stereocenters. The van der Waals surface area contributed by atoms with Crippen LogP contribution in [0.25, 0.3) is 16.5 Å². The molecule has 2 bridgehead atoms. The van der Waals surface area contributed by atoms with Gasteiger partial charge in [-0.2, -0.15) is 0 Å². The summed E-state index contributed by atoms with van der Waals surface area (Å²) in [5.74, 6) is 0.679. The number of hydrogen-bond acceptors (Lipinski definition) is 4. The quantitative estimate of drug-likeness (QED) is 0.882. The molecule has 1 aromatic carbocycles. The minimum atomic E-state index is -0.587. The van der Waals surface area contributed by atoms with Gasteiger partial charge in [-0.1, -0.05) is 42.1 Å². The number of benzene rings is 1. The summed E-state index contributed by atoms with van der Waals surface area (Å²) in [7, 11) is 0. The van der Waals surface area contributed by atoms with Gasteiger partial charge in [0.15, 0.2) is 0 Å². The van der Waals surface area contributed by atoms with Gasteiger partial charge in [0.25, 0.3) is 5.56 Å². The van der Waals surface area contributed by atoms with Crippen LogP contribution < -0.4 is 11.3 Å². The van der Waals surface area contributed by atoms with Gasteiger partial charge < -0.3 is 5.73 Å². The van der Waals surface area contributed by atoms with E-state index >= 15 is 0 Å². The summed E-state index contributed by atoms with van der Waals surface area (Å²) < 4.78 is 1.78. The van der Waals surface area contributed by atoms with Crippen LogP contribution in [0.3, 0.4) is 0 Å². The first-order valence-electron chi connectivity index (χ1n) is 7.77. The van der Waals surface area contributed by atoms with E-state index in [4.69, 9.17) is 22.9 Å². The zero-order chi connectivity index (χ0) is 16.2. The number of aromatic nitrogens is 2. The van der Waals surface area contributed by atoms with Gasteiger partial charge in [-0.15, -0.1) is 0 Å². The average Bonchev–Trinajstić information content (AvgIpc) is 2.68. The topological polar surface area (TPSA) is 60.9 Å². The molecule has 2 aliphatic rings. The first kappa shape index (κ1) is 14.5. The van der Waals surface area contributed by atoms with Crippen LogP contribution in [0, 0.1) is 6.92 Å². The average molecular weight is 323 g/mol. The van der Waals surface area contributed by atoms with Gasteiger partial charge in [0, 0.05) is 5.57 Å². The molecular formula is C18H17N3OS. The Balaban J connectivity index is 2.09. The number of aryl methyl sites for hydroxylation is 1. The Morgan fingerprint density at radius 1 is 1.39 bits per heavy atom. The molecule has 0 fully saturated rings. The van der Waals surface area contributed by atoms with E-state index in [9.17, 15) is 4.79 Å². The Labute approximate surface area is 139 Å². The van der Waals surface area contributed by atoms with Gasteiger partial charge in [0.1, 0.15) is 11.4 Å². The van der Waals surface area contributed by atoms with Crippen molar-refractivity contribution < 1.29 is 0 Å². The predicted molar refractivity (Wildman–Crippen MR) is 96.7 cm³/mol. The number of hydrogen-bond donors (Lipinski definition) is 1. The molecule has 23 heavy (non-hydrogen) atoms. The van der Waals surface area contributed by atoms with E-state index in [1.165, 1.54) is 0 Å². The van der Waals surface area contributed by atoms with E-state index < -0.39 is 5.54 Å². The summed E-state index contributed by atoms with van der Waals surface area (Å²) in [6.07, 6.45) is 7.48. The van der Waals surface area contributed by atoms with Crippen molar-refractivity contribution in [1.29, 1.82) is 0 Å². The second kappa shape index (κ2) is 4.94. The fourth-order valence-corrected chi connectivity index (χ4v) is 3.99. The van der Waals surface area contributed by atoms with Crippen molar-refractivity contribution in [3.8, 4) is 0 Å². The van der Waals surface area contributed by atoms with E-state index in [1.54, 1.807) is 4.57 Å². The van der Waals surface area contributed by atoms with Crippen LogP contribution in [0.1, 0.15) is 24.2 Å². The third kappa shape index (κ3) is 1.84. The Morgan fingerprint density at radius 3 is 3.00 bits per heavy atom. The number of fused-ring (bicyclic) bond motifs is 6. The van der Waals surface area contributed by atoms with Crippen molar-refractivity contribution in [2.75, 3.05) is 6.54 Å². The molecule has 0 radical (unpaired) electrons. The number of nitrogens with two attached hydrogens (primary N) is 1. The van der Waals surface area contributed by atoms with E-state index in [1.807, 2.05) is 43.4 Å². The summed E-state index contributed by atoms with van der Waals surface area (Å²) in [5, 5.41) is 0.644. The van der Waals surface area contributed by atoms with Crippen molar-refractivity contribution in [3.05, 3.63) is 58.2 Å². The molecular weight excluding hydrogens is 306 g/mol. The lowest BCUT2D eigenvalue weighted by molar-refractivity contribution is 0.451. The first-order valence-corrected chi connectivity index (χ1v) is 8.18. The molecule has 4 nitrogen and oxygen atoms in total. The molecule has 1 aliphatic heterocycles. The van der Waals surface area contributed by atoms with Crippen LogP contribution in [0.2, 0.25) is 0 Å². The maximum Gasteiger partial charge on any atom is 0.262 e. The minimum absolute atomic E-state index is 0.0250. The monoisotopic (exact) mass is 323 g/mol. The lowest BCUT2D eigenvalue weighted by Crippen LogP contribution is -2.42. The Bertz CT molecular complexity index is 970. The van der Waals surface area contributed by atoms with E-state index in [-0.39, 0.29) is 5.56 Å². The van der Waals surface area contributed by atoms with Crippen LogP contribution in [0.5, 0.6) is 0 Å². The van der Waals surface area contributed by atoms with Crippen LogP contribution >= 0.6 is 12.2 Å². The highest BCUT2D eigenvalue weighted by molar-refractivity contribution is 7.81. The zero-order valence-electron chi connectivity index (χ0n) is 12.9. The van der Waals surface area contributed by atoms with Crippen molar-refractivity contribution >= 4 is 33.6 Å². The maximum atomic E-state index is 13.2. The van der Waals surface area contributed by atoms with Crippen molar-refractivity contribution in [1.82, 2.24) is 9.55 Å². The molecule has 2 aromatic rings. The SMILES string of the molecule is Cc1ccc2nc3n(c(=O)c2c1)C1(CCCN)C=CC=C3C1=S. The highest BCUT2D eigenvalue weighted by Crippen LogP contribution is 2.42. The summed E-state index contributed by atoms with van der Waals surface area (Å²) in [4.78, 5) is 18.7. The zero-order valence-corrected chi connectivity index (χ0v) is 13.7. The molecule has 1 aromatic heterocycles. The van der Waals surface area contributed by atoms with Gasteiger partial charge in [0.2, 0.25) is 0 Å². The van der Waals surface area contributed by atoms with Crippen molar-refractivity contribution in [3.63, 3.8) is 0 Å². The summed E-state index contributed by atoms with van der Waals surface area (Å²) in [6, 6.07) is 5.78. The van der Waals surface area contributed by atoms with Crippen LogP contribution in [0.15, 0.2) is 41.2 Å². The Kier molecular flexibility index (Phi) is 3.11. The van der Waals surface area contributed by atoms with Gasteiger partial charge in [-0.3, -0.25) is 9.36 Å². The molecule has 4 rings (SSSR count). The summed E-state index contributed by atoms with van der Waals surface area (Å²) >= 11 is 5.71. The molecule has 116 valence electrons. The van der Waals surface area contributed by atoms with Gasteiger partial charge in [-0.05, 0) is 38.4 Å². The third-order valence-corrected chi connectivity index (χ3v) is 5.27. The van der Waals surface area contributed by atoms with Crippen LogP contribution in [0.4, 0.5) is 0 Å². The molecule has 5 heteroatoms. The highest BCUT2D eigenvalue weighted by Gasteiger charge is 2.46. The number of rotatable bonds is 3. The van der Waals surface area contributed by atoms with Crippen molar-refractivity contribution in [2.24, 2.45) is 5.73 Å². The van der Waals surface area contributed by atoms with Crippen LogP contribution in [-0.4, -0.2) is 21.0 Å². The third-order valence-electron chi connectivity index (χ3n) is 4.70. The normalized spacial score (nSPS) is 21.7. The lowest BCUT2D eigenvalue weighted by atomic mass is 9.85. The van der Waals surface area contributed by atoms with E-state index in [0.29, 0.717) is 17.8 Å². The molecule has 1 atom stereocenters. The maximum absolute atomic E-state index is 13.2. The van der Waals surface area contributed by atoms with Gasteiger partial charge in [-0.25, -0.2) is 4.98 Å². The first-order chi connectivity index (χ1) is 11.1. The second-order valence-corrected chi connectivity index (χ2v) is 6.59. The predicted octanol–water partition coefficient (Wildman–Crippen LogP) is 2.48. The largest absolute Gasteiger partial charge is 0.330 e. The Morgan fingerprint density at radius 2 is 2.22 bits per heavy atom. The molecule has 2 N–H and O–H groups in total. The summed E-state index contributed by atoms with van der Waals surface area (Å²) in [6.45, 7) is 2.55. The minimum Gasteiger partial charge on any atom is -0.330 e. The Hall–Kier alpha value is -2.11. The fraction of sp³-hybridized carbons (Fsp3) is 0.278. The molecule has 0 saturated heterocycles. The second-order valence-electron chi connectivity index (χ2n) is 6.18. The smallest absolute Gasteiger partial charge is 0.262 e. The van der Waals surface area contributed by atoms with E-state index in [2.05, 4.69) is 0 Å². The van der Waals surface area contributed by atoms with Crippen LogP contribution in [-0.2, 0) is 5.54 Å². The fourth-order valence-electron chi connectivity index (χ4n) is 3.57. The molecule has 1 aliphatic carbocycles. The standard InChI is InChI=1S/C18H17N3OS/c1-11-5-6-14-13(10-11)17(22)21-16(20-14)12-4-2-7-18(21,15(12)23)8-3-9-19/h2,4-7,10H,3,8-9,19H2,1H3. The van der Waals surface area contributed by atoms with Gasteiger partial charge in [0.05, 0.1) is 15.8 Å². The van der Waals surface area contributed by atoms with E-state index in [0.717, 1.165) is 34.4 Å². The molecule has 0 spiro atoms. The number of thiocarbonyl (C=S) groups is 1. The number of nitrogens with zero attached hydrogens (tertiary/aromatic N) is 2. The lowest BCUT2D eigenvalue weighted by Gasteiger charge is -2.29. The molecule has 2 heterocycles. The molecule has 0 amide bonds.